The highest BCUT2D eigenvalue weighted by molar-refractivity contribution is 6.30. The molecule has 7 heteroatoms. The van der Waals surface area contributed by atoms with Crippen LogP contribution in [-0.2, 0) is 11.3 Å². The number of aromatic nitrogens is 1. The molecular formula is C20H22ClFN4O. The molecule has 4 atom stereocenters. The molecule has 1 aromatic heterocycles. The van der Waals surface area contributed by atoms with E-state index in [1.165, 1.54) is 6.20 Å². The van der Waals surface area contributed by atoms with Crippen LogP contribution in [0.5, 0.6) is 0 Å². The molecule has 142 valence electrons. The highest BCUT2D eigenvalue weighted by Crippen LogP contribution is 2.41. The van der Waals surface area contributed by atoms with Crippen LogP contribution in [-0.4, -0.2) is 16.9 Å². The number of hydrogen-bond acceptors (Lipinski definition) is 4. The largest absolute Gasteiger partial charge is 0.352 e. The quantitative estimate of drug-likeness (QED) is 0.753. The number of halogens is 2. The molecule has 1 aromatic carbocycles. The monoisotopic (exact) mass is 388 g/mol. The Morgan fingerprint density at radius 1 is 1.22 bits per heavy atom. The summed E-state index contributed by atoms with van der Waals surface area (Å²) in [6, 6.07) is 8.99. The van der Waals surface area contributed by atoms with Gasteiger partial charge in [-0.15, -0.1) is 0 Å². The summed E-state index contributed by atoms with van der Waals surface area (Å²) < 4.78 is 14.2. The number of hydrazine groups is 1. The molecule has 5 nitrogen and oxygen atoms in total. The third-order valence-electron chi connectivity index (χ3n) is 5.64. The van der Waals surface area contributed by atoms with Gasteiger partial charge in [0.25, 0.3) is 0 Å². The number of fused-ring (bicyclic) bond motifs is 1. The van der Waals surface area contributed by atoms with E-state index in [-0.39, 0.29) is 35.6 Å². The van der Waals surface area contributed by atoms with Gasteiger partial charge in [0.15, 0.2) is 0 Å². The van der Waals surface area contributed by atoms with Crippen LogP contribution in [0.2, 0.25) is 5.02 Å². The lowest BCUT2D eigenvalue weighted by Crippen LogP contribution is -2.47. The summed E-state index contributed by atoms with van der Waals surface area (Å²) in [6.45, 7) is 0.472. The standard InChI is InChI=1S/C20H22ClFN4O/c21-13-6-4-12(5-7-13)10-24-20(27)16-3-1-2-15-18(25-26-19(15)16)14-8-9-23-11-17(14)22/h4-9,11,15-16,18-19,25-26H,1-3,10H2,(H,24,27). The second-order valence-electron chi connectivity index (χ2n) is 7.23. The van der Waals surface area contributed by atoms with Crippen LogP contribution < -0.4 is 16.2 Å². The number of hydrogen-bond donors (Lipinski definition) is 3. The second-order valence-corrected chi connectivity index (χ2v) is 7.67. The lowest BCUT2D eigenvalue weighted by molar-refractivity contribution is -0.127. The van der Waals surface area contributed by atoms with Crippen molar-refractivity contribution in [2.75, 3.05) is 0 Å². The zero-order valence-electron chi connectivity index (χ0n) is 14.8. The first-order chi connectivity index (χ1) is 13.1. The van der Waals surface area contributed by atoms with Crippen molar-refractivity contribution < 1.29 is 9.18 Å². The maximum atomic E-state index is 14.2. The molecule has 4 rings (SSSR count). The Kier molecular flexibility index (Phi) is 5.38. The van der Waals surface area contributed by atoms with Crippen LogP contribution in [0.3, 0.4) is 0 Å². The highest BCUT2D eigenvalue weighted by Gasteiger charge is 2.46. The fourth-order valence-corrected chi connectivity index (χ4v) is 4.39. The van der Waals surface area contributed by atoms with E-state index in [2.05, 4.69) is 21.2 Å². The summed E-state index contributed by atoms with van der Waals surface area (Å²) in [7, 11) is 0. The average Bonchev–Trinajstić information content (AvgIpc) is 3.11. The van der Waals surface area contributed by atoms with Crippen LogP contribution >= 0.6 is 11.6 Å². The van der Waals surface area contributed by atoms with Crippen molar-refractivity contribution in [2.45, 2.75) is 37.9 Å². The van der Waals surface area contributed by atoms with E-state index >= 15 is 0 Å². The molecule has 1 amide bonds. The molecule has 1 saturated carbocycles. The first-order valence-corrected chi connectivity index (χ1v) is 9.64. The van der Waals surface area contributed by atoms with Gasteiger partial charge in [-0.1, -0.05) is 30.2 Å². The van der Waals surface area contributed by atoms with Gasteiger partial charge in [-0.3, -0.25) is 15.2 Å². The summed E-state index contributed by atoms with van der Waals surface area (Å²) in [5.74, 6) is -0.253. The van der Waals surface area contributed by atoms with Gasteiger partial charge in [-0.25, -0.2) is 9.82 Å². The number of rotatable bonds is 4. The lowest BCUT2D eigenvalue weighted by atomic mass is 9.73. The van der Waals surface area contributed by atoms with E-state index < -0.39 is 0 Å². The molecule has 0 bridgehead atoms. The molecule has 4 unspecified atom stereocenters. The topological polar surface area (TPSA) is 66.0 Å². The van der Waals surface area contributed by atoms with Gasteiger partial charge in [0.2, 0.25) is 5.91 Å². The minimum atomic E-state index is -0.313. The van der Waals surface area contributed by atoms with E-state index in [0.717, 1.165) is 24.8 Å². The summed E-state index contributed by atoms with van der Waals surface area (Å²) >= 11 is 5.90. The molecular weight excluding hydrogens is 367 g/mol. The van der Waals surface area contributed by atoms with E-state index in [1.54, 1.807) is 12.3 Å². The van der Waals surface area contributed by atoms with Crippen LogP contribution in [0.25, 0.3) is 0 Å². The maximum absolute atomic E-state index is 14.2. The summed E-state index contributed by atoms with van der Waals surface area (Å²) in [5, 5.41) is 3.71. The summed E-state index contributed by atoms with van der Waals surface area (Å²) in [4.78, 5) is 16.6. The Hall–Kier alpha value is -2.02. The third-order valence-corrected chi connectivity index (χ3v) is 5.89. The molecule has 27 heavy (non-hydrogen) atoms. The van der Waals surface area contributed by atoms with Gasteiger partial charge in [0.05, 0.1) is 18.2 Å². The van der Waals surface area contributed by atoms with E-state index in [4.69, 9.17) is 11.6 Å². The number of carbonyl (C=O) groups excluding carboxylic acids is 1. The van der Waals surface area contributed by atoms with Crippen molar-refractivity contribution in [3.05, 3.63) is 64.7 Å². The van der Waals surface area contributed by atoms with Gasteiger partial charge < -0.3 is 5.32 Å². The molecule has 1 aliphatic carbocycles. The molecule has 1 aliphatic heterocycles. The molecule has 1 saturated heterocycles. The predicted octanol–water partition coefficient (Wildman–Crippen LogP) is 3.12. The number of nitrogens with zero attached hydrogens (tertiary/aromatic N) is 1. The molecule has 2 aromatic rings. The number of benzene rings is 1. The lowest BCUT2D eigenvalue weighted by Gasteiger charge is -2.33. The number of nitrogens with one attached hydrogen (secondary N) is 3. The Morgan fingerprint density at radius 3 is 2.81 bits per heavy atom. The minimum Gasteiger partial charge on any atom is -0.352 e. The van der Waals surface area contributed by atoms with Gasteiger partial charge in [-0.05, 0) is 42.5 Å². The normalized spacial score (nSPS) is 27.2. The van der Waals surface area contributed by atoms with Crippen molar-refractivity contribution in [3.63, 3.8) is 0 Å². The zero-order valence-corrected chi connectivity index (χ0v) is 15.5. The van der Waals surface area contributed by atoms with Crippen LogP contribution in [0.4, 0.5) is 4.39 Å². The summed E-state index contributed by atoms with van der Waals surface area (Å²) in [5.41, 5.74) is 8.08. The smallest absolute Gasteiger partial charge is 0.225 e. The van der Waals surface area contributed by atoms with Crippen molar-refractivity contribution >= 4 is 17.5 Å². The Labute approximate surface area is 162 Å². The van der Waals surface area contributed by atoms with Crippen LogP contribution in [0.15, 0.2) is 42.7 Å². The molecule has 0 radical (unpaired) electrons. The van der Waals surface area contributed by atoms with Crippen molar-refractivity contribution in [3.8, 4) is 0 Å². The van der Waals surface area contributed by atoms with Crippen LogP contribution in [0.1, 0.15) is 36.4 Å². The maximum Gasteiger partial charge on any atom is 0.225 e. The van der Waals surface area contributed by atoms with E-state index in [9.17, 15) is 9.18 Å². The Bertz CT molecular complexity index is 816. The number of amides is 1. The van der Waals surface area contributed by atoms with E-state index in [1.807, 2.05) is 24.3 Å². The molecule has 0 spiro atoms. The molecule has 2 aliphatic rings. The predicted molar refractivity (Wildman–Crippen MR) is 101 cm³/mol. The number of carbonyl (C=O) groups is 1. The fourth-order valence-electron chi connectivity index (χ4n) is 4.27. The Balaban J connectivity index is 1.43. The van der Waals surface area contributed by atoms with E-state index in [0.29, 0.717) is 17.1 Å². The SMILES string of the molecule is O=C(NCc1ccc(Cl)cc1)C1CCCC2C(c3ccncc3F)NNC12. The molecule has 2 heterocycles. The zero-order chi connectivity index (χ0) is 18.8. The minimum absolute atomic E-state index is 0.0125. The molecule has 2 fully saturated rings. The molecule has 3 N–H and O–H groups in total. The van der Waals surface area contributed by atoms with Gasteiger partial charge in [0, 0.05) is 29.4 Å². The van der Waals surface area contributed by atoms with Crippen LogP contribution in [0, 0.1) is 17.7 Å². The average molecular weight is 389 g/mol. The first-order valence-electron chi connectivity index (χ1n) is 9.26. The van der Waals surface area contributed by atoms with Crippen molar-refractivity contribution in [2.24, 2.45) is 11.8 Å². The fraction of sp³-hybridized carbons (Fsp3) is 0.400. The third kappa shape index (κ3) is 3.83. The second kappa shape index (κ2) is 7.92. The summed E-state index contributed by atoms with van der Waals surface area (Å²) in [6.07, 6.45) is 5.58. The van der Waals surface area contributed by atoms with Gasteiger partial charge in [0.1, 0.15) is 5.82 Å². The van der Waals surface area contributed by atoms with Crippen molar-refractivity contribution in [1.82, 2.24) is 21.2 Å². The number of pyridine rings is 1. The first kappa shape index (κ1) is 18.3. The Morgan fingerprint density at radius 2 is 2.04 bits per heavy atom. The van der Waals surface area contributed by atoms with Gasteiger partial charge in [-0.2, -0.15) is 0 Å². The van der Waals surface area contributed by atoms with Crippen molar-refractivity contribution in [1.29, 1.82) is 0 Å². The van der Waals surface area contributed by atoms with Gasteiger partial charge >= 0.3 is 0 Å². The highest BCUT2D eigenvalue weighted by atomic mass is 35.5.